The van der Waals surface area contributed by atoms with Crippen LogP contribution < -0.4 is 11.5 Å². The summed E-state index contributed by atoms with van der Waals surface area (Å²) in [5.41, 5.74) is 11.4. The first-order valence-corrected chi connectivity index (χ1v) is 5.96. The molecular formula is C10H11BrN2S. The molecule has 0 bridgehead atoms. The van der Waals surface area contributed by atoms with Crippen molar-refractivity contribution in [2.45, 2.75) is 6.04 Å². The molecule has 2 aromatic rings. The van der Waals surface area contributed by atoms with Gasteiger partial charge in [0, 0.05) is 20.6 Å². The quantitative estimate of drug-likeness (QED) is 0.882. The van der Waals surface area contributed by atoms with Crippen molar-refractivity contribution in [2.24, 2.45) is 11.5 Å². The maximum Gasteiger partial charge on any atom is 0.0514 e. The fraction of sp³-hybridized carbons (Fsp3) is 0.200. The monoisotopic (exact) mass is 270 g/mol. The molecule has 0 aliphatic rings. The van der Waals surface area contributed by atoms with E-state index < -0.39 is 0 Å². The number of hydrogen-bond acceptors (Lipinski definition) is 3. The standard InChI is InChI=1S/C10H11BrN2S/c11-7-1-2-9-6(3-7)4-10(14-9)8(13)5-12/h1-4,8H,5,12-13H2/t8-/m1/s1. The summed E-state index contributed by atoms with van der Waals surface area (Å²) in [5, 5.41) is 1.23. The van der Waals surface area contributed by atoms with Gasteiger partial charge in [-0.2, -0.15) is 0 Å². The first kappa shape index (κ1) is 10.1. The number of benzene rings is 1. The average molecular weight is 271 g/mol. The second-order valence-corrected chi connectivity index (χ2v) is 5.20. The van der Waals surface area contributed by atoms with Crippen LogP contribution >= 0.6 is 27.3 Å². The van der Waals surface area contributed by atoms with Gasteiger partial charge in [0.1, 0.15) is 0 Å². The first-order chi connectivity index (χ1) is 6.70. The number of rotatable bonds is 2. The van der Waals surface area contributed by atoms with E-state index in [1.165, 1.54) is 10.1 Å². The molecule has 2 nitrogen and oxygen atoms in total. The van der Waals surface area contributed by atoms with Crippen LogP contribution in [0.4, 0.5) is 0 Å². The Balaban J connectivity index is 2.51. The Labute approximate surface area is 95.0 Å². The highest BCUT2D eigenvalue weighted by molar-refractivity contribution is 9.10. The summed E-state index contributed by atoms with van der Waals surface area (Å²) in [7, 11) is 0. The zero-order valence-electron chi connectivity index (χ0n) is 7.53. The average Bonchev–Trinajstić information content (AvgIpc) is 2.59. The Morgan fingerprint density at radius 3 is 2.86 bits per heavy atom. The maximum absolute atomic E-state index is 5.87. The predicted molar refractivity (Wildman–Crippen MR) is 65.5 cm³/mol. The molecule has 0 aliphatic carbocycles. The molecule has 0 spiro atoms. The van der Waals surface area contributed by atoms with E-state index in [1.807, 2.05) is 6.07 Å². The SMILES string of the molecule is NC[C@@H](N)c1cc2cc(Br)ccc2s1. The van der Waals surface area contributed by atoms with Crippen molar-refractivity contribution >= 4 is 37.4 Å². The van der Waals surface area contributed by atoms with Gasteiger partial charge in [-0.05, 0) is 29.7 Å². The van der Waals surface area contributed by atoms with E-state index in [4.69, 9.17) is 11.5 Å². The van der Waals surface area contributed by atoms with Crippen molar-refractivity contribution in [2.75, 3.05) is 6.54 Å². The molecule has 1 aromatic heterocycles. The van der Waals surface area contributed by atoms with Crippen LogP contribution in [0.2, 0.25) is 0 Å². The van der Waals surface area contributed by atoms with E-state index in [0.717, 1.165) is 9.35 Å². The Morgan fingerprint density at radius 2 is 2.14 bits per heavy atom. The lowest BCUT2D eigenvalue weighted by Crippen LogP contribution is -2.19. The lowest BCUT2D eigenvalue weighted by molar-refractivity contribution is 0.752. The molecule has 4 N–H and O–H groups in total. The second kappa shape index (κ2) is 3.98. The fourth-order valence-electron chi connectivity index (χ4n) is 1.33. The predicted octanol–water partition coefficient (Wildman–Crippen LogP) is 2.62. The number of fused-ring (bicyclic) bond motifs is 1. The van der Waals surface area contributed by atoms with E-state index in [-0.39, 0.29) is 6.04 Å². The molecule has 1 aromatic carbocycles. The molecule has 0 amide bonds. The lowest BCUT2D eigenvalue weighted by atomic mass is 10.2. The molecule has 0 radical (unpaired) electrons. The summed E-state index contributed by atoms with van der Waals surface area (Å²) in [4.78, 5) is 1.15. The molecule has 0 saturated carbocycles. The van der Waals surface area contributed by atoms with Crippen molar-refractivity contribution < 1.29 is 0 Å². The molecule has 74 valence electrons. The van der Waals surface area contributed by atoms with Crippen molar-refractivity contribution in [1.29, 1.82) is 0 Å². The minimum atomic E-state index is -0.0359. The van der Waals surface area contributed by atoms with Crippen LogP contribution in [0.3, 0.4) is 0 Å². The molecule has 0 aliphatic heterocycles. The van der Waals surface area contributed by atoms with Gasteiger partial charge < -0.3 is 11.5 Å². The summed E-state index contributed by atoms with van der Waals surface area (Å²) in [6, 6.07) is 8.31. The molecule has 4 heteroatoms. The van der Waals surface area contributed by atoms with Crippen molar-refractivity contribution in [1.82, 2.24) is 0 Å². The van der Waals surface area contributed by atoms with Gasteiger partial charge >= 0.3 is 0 Å². The second-order valence-electron chi connectivity index (χ2n) is 3.17. The minimum absolute atomic E-state index is 0.0359. The summed E-state index contributed by atoms with van der Waals surface area (Å²) >= 11 is 5.16. The summed E-state index contributed by atoms with van der Waals surface area (Å²) in [6.45, 7) is 0.494. The topological polar surface area (TPSA) is 52.0 Å². The molecule has 0 unspecified atom stereocenters. The molecular weight excluding hydrogens is 260 g/mol. The third-order valence-corrected chi connectivity index (χ3v) is 3.86. The Kier molecular flexibility index (Phi) is 2.88. The van der Waals surface area contributed by atoms with E-state index in [9.17, 15) is 0 Å². The van der Waals surface area contributed by atoms with Gasteiger partial charge in [0.15, 0.2) is 0 Å². The molecule has 14 heavy (non-hydrogen) atoms. The van der Waals surface area contributed by atoms with E-state index >= 15 is 0 Å². The van der Waals surface area contributed by atoms with Crippen LogP contribution in [0.1, 0.15) is 10.9 Å². The van der Waals surface area contributed by atoms with E-state index in [1.54, 1.807) is 11.3 Å². The molecule has 0 fully saturated rings. The maximum atomic E-state index is 5.87. The van der Waals surface area contributed by atoms with Gasteiger partial charge in [-0.3, -0.25) is 0 Å². The van der Waals surface area contributed by atoms with Crippen LogP contribution in [0.25, 0.3) is 10.1 Å². The number of hydrogen-bond donors (Lipinski definition) is 2. The van der Waals surface area contributed by atoms with Gasteiger partial charge in [0.2, 0.25) is 0 Å². The third kappa shape index (κ3) is 1.83. The smallest absolute Gasteiger partial charge is 0.0514 e. The minimum Gasteiger partial charge on any atom is -0.329 e. The third-order valence-electron chi connectivity index (χ3n) is 2.12. The van der Waals surface area contributed by atoms with Gasteiger partial charge in [0.05, 0.1) is 6.04 Å². The number of thiophene rings is 1. The zero-order valence-corrected chi connectivity index (χ0v) is 9.94. The Bertz CT molecular complexity index is 452. The fourth-order valence-corrected chi connectivity index (χ4v) is 2.77. The van der Waals surface area contributed by atoms with Gasteiger partial charge in [-0.25, -0.2) is 0 Å². The Morgan fingerprint density at radius 1 is 1.36 bits per heavy atom. The normalized spacial score (nSPS) is 13.4. The van der Waals surface area contributed by atoms with E-state index in [2.05, 4.69) is 34.1 Å². The Hall–Kier alpha value is -0.420. The molecule has 0 saturated heterocycles. The van der Waals surface area contributed by atoms with Crippen molar-refractivity contribution in [3.8, 4) is 0 Å². The van der Waals surface area contributed by atoms with Crippen molar-refractivity contribution in [3.05, 3.63) is 33.6 Å². The van der Waals surface area contributed by atoms with Gasteiger partial charge in [-0.1, -0.05) is 15.9 Å². The zero-order chi connectivity index (χ0) is 10.1. The highest BCUT2D eigenvalue weighted by atomic mass is 79.9. The highest BCUT2D eigenvalue weighted by Gasteiger charge is 2.08. The lowest BCUT2D eigenvalue weighted by Gasteiger charge is -2.02. The van der Waals surface area contributed by atoms with Crippen LogP contribution in [0.15, 0.2) is 28.7 Å². The van der Waals surface area contributed by atoms with Crippen LogP contribution in [-0.4, -0.2) is 6.54 Å². The van der Waals surface area contributed by atoms with Crippen LogP contribution in [-0.2, 0) is 0 Å². The molecule has 1 atom stereocenters. The molecule has 2 rings (SSSR count). The first-order valence-electron chi connectivity index (χ1n) is 4.35. The van der Waals surface area contributed by atoms with Gasteiger partial charge in [-0.15, -0.1) is 11.3 Å². The largest absolute Gasteiger partial charge is 0.329 e. The highest BCUT2D eigenvalue weighted by Crippen LogP contribution is 2.30. The number of nitrogens with two attached hydrogens (primary N) is 2. The summed E-state index contributed by atoms with van der Waals surface area (Å²) in [5.74, 6) is 0. The van der Waals surface area contributed by atoms with Gasteiger partial charge in [0.25, 0.3) is 0 Å². The summed E-state index contributed by atoms with van der Waals surface area (Å²) < 4.78 is 2.35. The van der Waals surface area contributed by atoms with Crippen LogP contribution in [0.5, 0.6) is 0 Å². The van der Waals surface area contributed by atoms with E-state index in [0.29, 0.717) is 6.54 Å². The van der Waals surface area contributed by atoms with Crippen LogP contribution in [0, 0.1) is 0 Å². The van der Waals surface area contributed by atoms with Crippen molar-refractivity contribution in [3.63, 3.8) is 0 Å². The number of halogens is 1. The molecule has 1 heterocycles. The summed E-state index contributed by atoms with van der Waals surface area (Å²) in [6.07, 6.45) is 0.